The first-order chi connectivity index (χ1) is 7.41. The zero-order valence-electron chi connectivity index (χ0n) is 9.54. The summed E-state index contributed by atoms with van der Waals surface area (Å²) in [4.78, 5) is 11.3. The molecule has 2 atom stereocenters. The average Bonchev–Trinajstić information content (AvgIpc) is 2.21. The summed E-state index contributed by atoms with van der Waals surface area (Å²) in [7, 11) is 0. The molecule has 0 aliphatic rings. The fourth-order valence-corrected chi connectivity index (χ4v) is 1.40. The number of benzene rings is 1. The van der Waals surface area contributed by atoms with Gasteiger partial charge in [-0.3, -0.25) is 4.79 Å². The molecule has 0 spiro atoms. The van der Waals surface area contributed by atoms with E-state index >= 15 is 0 Å². The van der Waals surface area contributed by atoms with Gasteiger partial charge in [0.2, 0.25) is 5.91 Å². The number of hydrogen-bond donors (Lipinski definition) is 2. The molecule has 1 aromatic carbocycles. The monoisotopic (exact) mass is 280 g/mol. The smallest absolute Gasteiger partial charge is 0.237 e. The summed E-state index contributed by atoms with van der Waals surface area (Å²) < 4.78 is 12.9. The van der Waals surface area contributed by atoms with Gasteiger partial charge in [0, 0.05) is 0 Å². The first-order valence-corrected chi connectivity index (χ1v) is 5.30. The maximum Gasteiger partial charge on any atom is 0.237 e. The maximum atomic E-state index is 12.9. The highest BCUT2D eigenvalue weighted by Crippen LogP contribution is 2.20. The van der Waals surface area contributed by atoms with Crippen LogP contribution in [0.15, 0.2) is 18.2 Å². The van der Waals surface area contributed by atoms with E-state index in [-0.39, 0.29) is 29.4 Å². The molecule has 6 heteroatoms. The van der Waals surface area contributed by atoms with Gasteiger partial charge in [-0.2, -0.15) is 0 Å². The van der Waals surface area contributed by atoms with E-state index in [0.717, 1.165) is 5.56 Å². The van der Waals surface area contributed by atoms with Crippen molar-refractivity contribution < 1.29 is 9.18 Å². The van der Waals surface area contributed by atoms with Crippen molar-refractivity contribution in [1.82, 2.24) is 5.32 Å². The molecule has 96 valence electrons. The van der Waals surface area contributed by atoms with Gasteiger partial charge in [0.05, 0.1) is 17.1 Å². The third-order valence-electron chi connectivity index (χ3n) is 2.22. The largest absolute Gasteiger partial charge is 0.348 e. The molecule has 3 N–H and O–H groups in total. The van der Waals surface area contributed by atoms with E-state index in [1.165, 1.54) is 12.1 Å². The molecule has 17 heavy (non-hydrogen) atoms. The van der Waals surface area contributed by atoms with Crippen molar-refractivity contribution in [2.75, 3.05) is 0 Å². The van der Waals surface area contributed by atoms with Gasteiger partial charge in [0.15, 0.2) is 0 Å². The summed E-state index contributed by atoms with van der Waals surface area (Å²) in [5.41, 5.74) is 6.15. The molecule has 0 aliphatic carbocycles. The first-order valence-electron chi connectivity index (χ1n) is 4.92. The number of amides is 1. The van der Waals surface area contributed by atoms with Gasteiger partial charge >= 0.3 is 0 Å². The minimum absolute atomic E-state index is 0. The van der Waals surface area contributed by atoms with Crippen molar-refractivity contribution in [2.45, 2.75) is 25.9 Å². The Hall–Kier alpha value is -0.840. The van der Waals surface area contributed by atoms with Crippen molar-refractivity contribution in [1.29, 1.82) is 0 Å². The molecule has 0 bridgehead atoms. The third kappa shape index (κ3) is 4.50. The van der Waals surface area contributed by atoms with Gasteiger partial charge in [0.25, 0.3) is 0 Å². The molecule has 0 saturated heterocycles. The van der Waals surface area contributed by atoms with Crippen LogP contribution < -0.4 is 11.1 Å². The predicted octanol–water partition coefficient (Wildman–Crippen LogP) is 2.43. The van der Waals surface area contributed by atoms with E-state index in [0.29, 0.717) is 0 Å². The number of halogens is 3. The van der Waals surface area contributed by atoms with Crippen molar-refractivity contribution in [3.63, 3.8) is 0 Å². The number of nitrogens with two attached hydrogens (primary N) is 1. The normalized spacial score (nSPS) is 13.5. The number of nitrogens with one attached hydrogen (secondary N) is 1. The van der Waals surface area contributed by atoms with Crippen molar-refractivity contribution in [2.24, 2.45) is 5.73 Å². The van der Waals surface area contributed by atoms with Gasteiger partial charge in [-0.15, -0.1) is 12.4 Å². The van der Waals surface area contributed by atoms with Crippen molar-refractivity contribution in [3.05, 3.63) is 34.6 Å². The molecule has 0 aliphatic heterocycles. The Morgan fingerprint density at radius 2 is 2.06 bits per heavy atom. The highest BCUT2D eigenvalue weighted by molar-refractivity contribution is 6.30. The van der Waals surface area contributed by atoms with Crippen LogP contribution in [0.1, 0.15) is 25.5 Å². The zero-order chi connectivity index (χ0) is 12.3. The fraction of sp³-hybridized carbons (Fsp3) is 0.364. The Labute approximate surface area is 111 Å². The Morgan fingerprint density at radius 3 is 2.53 bits per heavy atom. The molecule has 3 nitrogen and oxygen atoms in total. The SMILES string of the molecule is CC(NC(=O)[C@@H](C)N)c1ccc(F)c(Cl)c1.Cl. The van der Waals surface area contributed by atoms with Gasteiger partial charge in [-0.1, -0.05) is 17.7 Å². The van der Waals surface area contributed by atoms with Crippen LogP contribution in [-0.2, 0) is 4.79 Å². The van der Waals surface area contributed by atoms with Crippen LogP contribution in [0.25, 0.3) is 0 Å². The maximum absolute atomic E-state index is 12.9. The van der Waals surface area contributed by atoms with Crippen LogP contribution in [0.3, 0.4) is 0 Å². The van der Waals surface area contributed by atoms with Crippen LogP contribution in [0.5, 0.6) is 0 Å². The Morgan fingerprint density at radius 1 is 1.47 bits per heavy atom. The molecule has 1 amide bonds. The number of rotatable bonds is 3. The summed E-state index contributed by atoms with van der Waals surface area (Å²) in [5.74, 6) is -0.732. The van der Waals surface area contributed by atoms with Gasteiger partial charge in [0.1, 0.15) is 5.82 Å². The topological polar surface area (TPSA) is 55.1 Å². The molecule has 0 heterocycles. The standard InChI is InChI=1S/C11H14ClFN2O.ClH/c1-6(14)11(16)15-7(2)8-3-4-10(13)9(12)5-8;/h3-7H,14H2,1-2H3,(H,15,16);1H/t6-,7?;/m1./s1. The second-order valence-corrected chi connectivity index (χ2v) is 4.10. The van der Waals surface area contributed by atoms with E-state index in [2.05, 4.69) is 5.32 Å². The Bertz CT molecular complexity index is 399. The molecule has 0 saturated carbocycles. The minimum atomic E-state index is -0.571. The van der Waals surface area contributed by atoms with Crippen LogP contribution in [0.4, 0.5) is 4.39 Å². The van der Waals surface area contributed by atoms with Gasteiger partial charge in [-0.05, 0) is 31.5 Å². The van der Waals surface area contributed by atoms with E-state index in [1.807, 2.05) is 0 Å². The number of carbonyl (C=O) groups is 1. The van der Waals surface area contributed by atoms with Gasteiger partial charge < -0.3 is 11.1 Å². The summed E-state index contributed by atoms with van der Waals surface area (Å²) in [5, 5.41) is 2.74. The first kappa shape index (κ1) is 16.2. The second kappa shape index (κ2) is 6.79. The highest BCUT2D eigenvalue weighted by Gasteiger charge is 2.13. The zero-order valence-corrected chi connectivity index (χ0v) is 11.1. The second-order valence-electron chi connectivity index (χ2n) is 3.69. The van der Waals surface area contributed by atoms with Crippen LogP contribution >= 0.6 is 24.0 Å². The quantitative estimate of drug-likeness (QED) is 0.894. The van der Waals surface area contributed by atoms with Crippen LogP contribution in [-0.4, -0.2) is 11.9 Å². The lowest BCUT2D eigenvalue weighted by atomic mass is 10.1. The summed E-state index contributed by atoms with van der Waals surface area (Å²) >= 11 is 5.64. The molecular formula is C11H15Cl2FN2O. The van der Waals surface area contributed by atoms with E-state index in [9.17, 15) is 9.18 Å². The summed E-state index contributed by atoms with van der Waals surface area (Å²) in [6.07, 6.45) is 0. The van der Waals surface area contributed by atoms with E-state index in [1.54, 1.807) is 19.9 Å². The highest BCUT2D eigenvalue weighted by atomic mass is 35.5. The van der Waals surface area contributed by atoms with Crippen LogP contribution in [0, 0.1) is 5.82 Å². The Kier molecular flexibility index (Phi) is 6.45. The van der Waals surface area contributed by atoms with Crippen molar-refractivity contribution in [3.8, 4) is 0 Å². The molecular weight excluding hydrogens is 266 g/mol. The predicted molar refractivity (Wildman–Crippen MR) is 68.9 cm³/mol. The number of carbonyl (C=O) groups excluding carboxylic acids is 1. The fourth-order valence-electron chi connectivity index (χ4n) is 1.21. The lowest BCUT2D eigenvalue weighted by Crippen LogP contribution is -2.39. The summed E-state index contributed by atoms with van der Waals surface area (Å²) in [6, 6.07) is 3.51. The molecule has 1 rings (SSSR count). The molecule has 0 aromatic heterocycles. The lowest BCUT2D eigenvalue weighted by molar-refractivity contribution is -0.122. The third-order valence-corrected chi connectivity index (χ3v) is 2.51. The minimum Gasteiger partial charge on any atom is -0.348 e. The average molecular weight is 281 g/mol. The Balaban J connectivity index is 0.00000256. The van der Waals surface area contributed by atoms with Gasteiger partial charge in [-0.25, -0.2) is 4.39 Å². The van der Waals surface area contributed by atoms with E-state index < -0.39 is 11.9 Å². The molecule has 0 fully saturated rings. The van der Waals surface area contributed by atoms with Crippen LogP contribution in [0.2, 0.25) is 5.02 Å². The van der Waals surface area contributed by atoms with Crippen molar-refractivity contribution >= 4 is 29.9 Å². The molecule has 0 radical (unpaired) electrons. The summed E-state index contributed by atoms with van der Waals surface area (Å²) in [6.45, 7) is 3.38. The molecule has 1 unspecified atom stereocenters. The number of hydrogen-bond acceptors (Lipinski definition) is 2. The van der Waals surface area contributed by atoms with E-state index in [4.69, 9.17) is 17.3 Å². The molecule has 1 aromatic rings. The lowest BCUT2D eigenvalue weighted by Gasteiger charge is -2.16.